The van der Waals surface area contributed by atoms with Gasteiger partial charge in [-0.3, -0.25) is 14.5 Å². The number of carbonyl (C=O) groups excluding carboxylic acids is 1. The van der Waals surface area contributed by atoms with Gasteiger partial charge in [-0.2, -0.15) is 0 Å². The number of aliphatic carboxylic acids is 1. The molecule has 3 atom stereocenters. The van der Waals surface area contributed by atoms with Crippen LogP contribution in [0.1, 0.15) is 79.6 Å². The Hall–Kier alpha value is -3.82. The van der Waals surface area contributed by atoms with Crippen molar-refractivity contribution >= 4 is 11.9 Å². The first-order valence-corrected chi connectivity index (χ1v) is 15.9. The lowest BCUT2D eigenvalue weighted by atomic mass is 9.98. The number of benzene rings is 3. The standard InChI is InChI=1S/C37H44N2O6/c1-2-20-39(32-8-3-4-9-32)24-33-22-34(29-12-10-26(25-40)11-13-29)45-37(44-33)30-16-14-28(15-17-30)31-7-5-6-27(21-31)23-38-35(41)18-19-36(42)43/h2,5-7,10-17,21,32-34,37,40H,1,3-4,8-9,18-20,22-25H2,(H,38,41)(H,42,43)/t33-,34+,37+/m1/s1. The molecule has 0 aromatic heterocycles. The molecule has 1 aliphatic heterocycles. The zero-order valence-electron chi connectivity index (χ0n) is 25.8. The first-order chi connectivity index (χ1) is 21.9. The number of aliphatic hydroxyl groups is 1. The van der Waals surface area contributed by atoms with E-state index in [0.717, 1.165) is 52.9 Å². The summed E-state index contributed by atoms with van der Waals surface area (Å²) in [5, 5.41) is 21.1. The van der Waals surface area contributed by atoms with E-state index >= 15 is 0 Å². The molecule has 1 saturated heterocycles. The van der Waals surface area contributed by atoms with Gasteiger partial charge in [0.25, 0.3) is 0 Å². The number of carboxylic acid groups (broad SMARTS) is 1. The second-order valence-corrected chi connectivity index (χ2v) is 12.0. The Kier molecular flexibility index (Phi) is 11.5. The maximum atomic E-state index is 12.0. The number of hydrogen-bond acceptors (Lipinski definition) is 6. The number of carboxylic acids is 1. The monoisotopic (exact) mass is 612 g/mol. The fraction of sp³-hybridized carbons (Fsp3) is 0.405. The number of ether oxygens (including phenoxy) is 2. The van der Waals surface area contributed by atoms with Crippen LogP contribution in [0.3, 0.4) is 0 Å². The maximum absolute atomic E-state index is 12.0. The summed E-state index contributed by atoms with van der Waals surface area (Å²) in [5.41, 5.74) is 5.87. The molecule has 0 spiro atoms. The van der Waals surface area contributed by atoms with Crippen molar-refractivity contribution in [1.29, 1.82) is 0 Å². The van der Waals surface area contributed by atoms with Gasteiger partial charge in [0.05, 0.1) is 25.2 Å². The minimum atomic E-state index is -0.985. The molecule has 3 aromatic carbocycles. The summed E-state index contributed by atoms with van der Waals surface area (Å²) in [7, 11) is 0. The molecule has 1 amide bonds. The minimum absolute atomic E-state index is 0.00868. The highest BCUT2D eigenvalue weighted by Crippen LogP contribution is 2.39. The molecule has 8 heteroatoms. The fourth-order valence-electron chi connectivity index (χ4n) is 6.31. The molecule has 1 aliphatic carbocycles. The van der Waals surface area contributed by atoms with Gasteiger partial charge in [-0.25, -0.2) is 0 Å². The molecule has 1 heterocycles. The lowest BCUT2D eigenvalue weighted by Gasteiger charge is -2.39. The molecule has 45 heavy (non-hydrogen) atoms. The van der Waals surface area contributed by atoms with Crippen LogP contribution in [0.15, 0.2) is 85.5 Å². The van der Waals surface area contributed by atoms with Crippen LogP contribution in [0.4, 0.5) is 0 Å². The molecule has 2 fully saturated rings. The van der Waals surface area contributed by atoms with Gasteiger partial charge >= 0.3 is 5.97 Å². The summed E-state index contributed by atoms with van der Waals surface area (Å²) in [6.45, 7) is 6.01. The number of hydrogen-bond donors (Lipinski definition) is 3. The highest BCUT2D eigenvalue weighted by molar-refractivity contribution is 5.80. The lowest BCUT2D eigenvalue weighted by Crippen LogP contribution is -2.43. The van der Waals surface area contributed by atoms with E-state index in [1.165, 1.54) is 25.7 Å². The quantitative estimate of drug-likeness (QED) is 0.183. The van der Waals surface area contributed by atoms with Crippen LogP contribution in [0.25, 0.3) is 11.1 Å². The van der Waals surface area contributed by atoms with Crippen molar-refractivity contribution in [2.75, 3.05) is 13.1 Å². The Balaban J connectivity index is 1.30. The van der Waals surface area contributed by atoms with Crippen LogP contribution < -0.4 is 5.32 Å². The molecule has 5 rings (SSSR count). The number of carbonyl (C=O) groups is 2. The Bertz CT molecular complexity index is 1420. The summed E-state index contributed by atoms with van der Waals surface area (Å²) < 4.78 is 13.2. The van der Waals surface area contributed by atoms with Crippen molar-refractivity contribution in [2.24, 2.45) is 0 Å². The Labute approximate surface area is 265 Å². The number of rotatable bonds is 14. The van der Waals surface area contributed by atoms with Crippen LogP contribution in [0.2, 0.25) is 0 Å². The van der Waals surface area contributed by atoms with Gasteiger partial charge in [0.1, 0.15) is 0 Å². The summed E-state index contributed by atoms with van der Waals surface area (Å²) in [6.07, 6.45) is 6.79. The smallest absolute Gasteiger partial charge is 0.303 e. The largest absolute Gasteiger partial charge is 0.481 e. The molecular weight excluding hydrogens is 568 g/mol. The van der Waals surface area contributed by atoms with Gasteiger partial charge in [-0.05, 0) is 46.7 Å². The van der Waals surface area contributed by atoms with Gasteiger partial charge in [0.15, 0.2) is 6.29 Å². The highest BCUT2D eigenvalue weighted by Gasteiger charge is 2.34. The van der Waals surface area contributed by atoms with Crippen molar-refractivity contribution < 1.29 is 29.3 Å². The minimum Gasteiger partial charge on any atom is -0.481 e. The number of nitrogens with one attached hydrogen (secondary N) is 1. The number of aliphatic hydroxyl groups excluding tert-OH is 1. The summed E-state index contributed by atoms with van der Waals surface area (Å²) >= 11 is 0. The highest BCUT2D eigenvalue weighted by atomic mass is 16.7. The molecule has 8 nitrogen and oxygen atoms in total. The first-order valence-electron chi connectivity index (χ1n) is 15.9. The lowest BCUT2D eigenvalue weighted by molar-refractivity contribution is -0.253. The molecule has 0 radical (unpaired) electrons. The van der Waals surface area contributed by atoms with Crippen LogP contribution >= 0.6 is 0 Å². The SMILES string of the molecule is C=CCN(C[C@H]1C[C@@H](c2ccc(CO)cc2)O[C@@H](c2ccc(-c3cccc(CNC(=O)CCC(=O)O)c3)cc2)O1)C1CCCC1. The maximum Gasteiger partial charge on any atom is 0.303 e. The average molecular weight is 613 g/mol. The zero-order valence-corrected chi connectivity index (χ0v) is 25.8. The van der Waals surface area contributed by atoms with E-state index in [2.05, 4.69) is 28.9 Å². The molecule has 3 N–H and O–H groups in total. The van der Waals surface area contributed by atoms with Gasteiger partial charge < -0.3 is 25.0 Å². The second kappa shape index (κ2) is 16.0. The molecule has 1 saturated carbocycles. The van der Waals surface area contributed by atoms with Crippen LogP contribution in [0, 0.1) is 0 Å². The third-order valence-corrected chi connectivity index (χ3v) is 8.76. The molecule has 238 valence electrons. The Morgan fingerprint density at radius 3 is 2.33 bits per heavy atom. The zero-order chi connectivity index (χ0) is 31.6. The van der Waals surface area contributed by atoms with Crippen LogP contribution in [0.5, 0.6) is 0 Å². The van der Waals surface area contributed by atoms with Gasteiger partial charge in [0, 0.05) is 44.1 Å². The predicted octanol–water partition coefficient (Wildman–Crippen LogP) is 6.30. The molecular formula is C37H44N2O6. The fourth-order valence-corrected chi connectivity index (χ4v) is 6.31. The van der Waals surface area contributed by atoms with E-state index in [9.17, 15) is 14.7 Å². The van der Waals surface area contributed by atoms with E-state index in [-0.39, 0.29) is 37.6 Å². The topological polar surface area (TPSA) is 108 Å². The van der Waals surface area contributed by atoms with E-state index in [1.807, 2.05) is 66.7 Å². The summed E-state index contributed by atoms with van der Waals surface area (Å²) in [6, 6.07) is 24.7. The van der Waals surface area contributed by atoms with Gasteiger partial charge in [-0.15, -0.1) is 6.58 Å². The third-order valence-electron chi connectivity index (χ3n) is 8.76. The molecule has 0 unspecified atom stereocenters. The number of amides is 1. The van der Waals surface area contributed by atoms with Crippen molar-refractivity contribution in [3.8, 4) is 11.1 Å². The van der Waals surface area contributed by atoms with E-state index in [4.69, 9.17) is 14.6 Å². The van der Waals surface area contributed by atoms with Crippen molar-refractivity contribution in [3.05, 3.63) is 108 Å². The molecule has 2 aliphatic rings. The Morgan fingerprint density at radius 2 is 1.64 bits per heavy atom. The normalized spacial score (nSPS) is 20.3. The van der Waals surface area contributed by atoms with E-state index < -0.39 is 12.3 Å². The first kappa shape index (κ1) is 32.6. The Morgan fingerprint density at radius 1 is 0.911 bits per heavy atom. The van der Waals surface area contributed by atoms with Crippen molar-refractivity contribution in [1.82, 2.24) is 10.2 Å². The van der Waals surface area contributed by atoms with Crippen LogP contribution in [-0.4, -0.2) is 52.2 Å². The third kappa shape index (κ3) is 9.11. The van der Waals surface area contributed by atoms with Gasteiger partial charge in [0.2, 0.25) is 5.91 Å². The molecule has 3 aromatic rings. The van der Waals surface area contributed by atoms with E-state index in [1.54, 1.807) is 0 Å². The summed E-state index contributed by atoms with van der Waals surface area (Å²) in [4.78, 5) is 25.2. The summed E-state index contributed by atoms with van der Waals surface area (Å²) in [5.74, 6) is -1.27. The van der Waals surface area contributed by atoms with Crippen LogP contribution in [-0.2, 0) is 32.2 Å². The number of nitrogens with zero attached hydrogens (tertiary/aromatic N) is 1. The van der Waals surface area contributed by atoms with E-state index in [0.29, 0.717) is 12.6 Å². The average Bonchev–Trinajstić information content (AvgIpc) is 3.62. The van der Waals surface area contributed by atoms with Crippen molar-refractivity contribution in [2.45, 2.75) is 82.6 Å². The second-order valence-electron chi connectivity index (χ2n) is 12.0. The molecule has 0 bridgehead atoms. The predicted molar refractivity (Wildman–Crippen MR) is 173 cm³/mol. The van der Waals surface area contributed by atoms with Crippen molar-refractivity contribution in [3.63, 3.8) is 0 Å². The van der Waals surface area contributed by atoms with Gasteiger partial charge in [-0.1, -0.05) is 85.6 Å².